The molecule has 0 atom stereocenters. The van der Waals surface area contributed by atoms with Crippen molar-refractivity contribution in [1.29, 1.82) is 0 Å². The molecule has 1 aromatic carbocycles. The van der Waals surface area contributed by atoms with Crippen LogP contribution in [0.1, 0.15) is 31.7 Å². The molecule has 2 nitrogen and oxygen atoms in total. The number of thioether (sulfide) groups is 1. The van der Waals surface area contributed by atoms with Gasteiger partial charge in [-0.05, 0) is 54.5 Å². The van der Waals surface area contributed by atoms with E-state index in [4.69, 9.17) is 4.74 Å². The average molecular weight is 344 g/mol. The van der Waals surface area contributed by atoms with Crippen molar-refractivity contribution in [2.45, 2.75) is 38.8 Å². The van der Waals surface area contributed by atoms with Crippen LogP contribution in [0.15, 0.2) is 22.7 Å². The second-order valence-corrected chi connectivity index (χ2v) is 7.06. The Morgan fingerprint density at radius 1 is 1.42 bits per heavy atom. The van der Waals surface area contributed by atoms with Gasteiger partial charge in [-0.3, -0.25) is 0 Å². The molecule has 1 aliphatic rings. The quantitative estimate of drug-likeness (QED) is 0.678. The normalized spacial score (nSPS) is 14.6. The highest BCUT2D eigenvalue weighted by Crippen LogP contribution is 2.25. The topological polar surface area (TPSA) is 21.3 Å². The first-order valence-electron chi connectivity index (χ1n) is 7.02. The van der Waals surface area contributed by atoms with Gasteiger partial charge in [0.2, 0.25) is 0 Å². The van der Waals surface area contributed by atoms with Crippen LogP contribution >= 0.6 is 27.7 Å². The van der Waals surface area contributed by atoms with Crippen LogP contribution in [-0.2, 0) is 6.54 Å². The van der Waals surface area contributed by atoms with Crippen LogP contribution in [0, 0.1) is 0 Å². The van der Waals surface area contributed by atoms with E-state index in [2.05, 4.69) is 40.3 Å². The fraction of sp³-hybridized carbons (Fsp3) is 0.600. The number of rotatable bonds is 9. The minimum atomic E-state index is 0.738. The van der Waals surface area contributed by atoms with Crippen molar-refractivity contribution in [3.63, 3.8) is 0 Å². The molecule has 0 amide bonds. The van der Waals surface area contributed by atoms with Crippen molar-refractivity contribution in [2.75, 3.05) is 18.1 Å². The summed E-state index contributed by atoms with van der Waals surface area (Å²) in [6.07, 6.45) is 3.76. The van der Waals surface area contributed by atoms with E-state index in [1.54, 1.807) is 0 Å². The lowest BCUT2D eigenvalue weighted by Gasteiger charge is -2.10. The fourth-order valence-electron chi connectivity index (χ4n) is 1.81. The van der Waals surface area contributed by atoms with Crippen LogP contribution < -0.4 is 10.1 Å². The molecule has 0 unspecified atom stereocenters. The van der Waals surface area contributed by atoms with Crippen molar-refractivity contribution in [1.82, 2.24) is 5.32 Å². The number of ether oxygens (including phenoxy) is 1. The van der Waals surface area contributed by atoms with Crippen LogP contribution in [-0.4, -0.2) is 24.2 Å². The number of halogens is 1. The predicted molar refractivity (Wildman–Crippen MR) is 87.1 cm³/mol. The summed E-state index contributed by atoms with van der Waals surface area (Å²) in [5.41, 5.74) is 1.28. The number of hydrogen-bond donors (Lipinski definition) is 1. The van der Waals surface area contributed by atoms with E-state index in [1.165, 1.54) is 29.9 Å². The Balaban J connectivity index is 1.77. The third-order valence-electron chi connectivity index (χ3n) is 3.08. The summed E-state index contributed by atoms with van der Waals surface area (Å²) in [4.78, 5) is 0. The minimum absolute atomic E-state index is 0.738. The van der Waals surface area contributed by atoms with Gasteiger partial charge in [-0.1, -0.05) is 22.9 Å². The average Bonchev–Trinajstić information content (AvgIpc) is 3.23. The Hall–Kier alpha value is -0.190. The van der Waals surface area contributed by atoms with E-state index in [0.717, 1.165) is 35.8 Å². The highest BCUT2D eigenvalue weighted by molar-refractivity contribution is 9.10. The molecule has 0 aliphatic heterocycles. The molecule has 0 aromatic heterocycles. The summed E-state index contributed by atoms with van der Waals surface area (Å²) in [5.74, 6) is 3.36. The lowest BCUT2D eigenvalue weighted by molar-refractivity contribution is 0.318. The SMILES string of the molecule is CCSCCCOc1ccc(Br)c(CNC2CC2)c1. The van der Waals surface area contributed by atoms with Crippen molar-refractivity contribution in [3.05, 3.63) is 28.2 Å². The van der Waals surface area contributed by atoms with Gasteiger partial charge in [0.1, 0.15) is 5.75 Å². The molecular weight excluding hydrogens is 322 g/mol. The van der Waals surface area contributed by atoms with Gasteiger partial charge >= 0.3 is 0 Å². The van der Waals surface area contributed by atoms with E-state index in [0.29, 0.717) is 0 Å². The van der Waals surface area contributed by atoms with Gasteiger partial charge in [0, 0.05) is 17.1 Å². The predicted octanol–water partition coefficient (Wildman–Crippen LogP) is 4.22. The molecule has 0 heterocycles. The minimum Gasteiger partial charge on any atom is -0.494 e. The standard InChI is InChI=1S/C15H22BrNOS/c1-2-19-9-3-8-18-14-6-7-15(16)12(10-14)11-17-13-4-5-13/h6-7,10,13,17H,2-5,8-9,11H2,1H3. The molecule has 4 heteroatoms. The van der Waals surface area contributed by atoms with Crippen molar-refractivity contribution in [2.24, 2.45) is 0 Å². The molecule has 0 radical (unpaired) electrons. The number of benzene rings is 1. The first-order chi connectivity index (χ1) is 9.29. The summed E-state index contributed by atoms with van der Waals surface area (Å²) < 4.78 is 6.97. The van der Waals surface area contributed by atoms with Gasteiger partial charge in [0.05, 0.1) is 6.61 Å². The molecule has 0 bridgehead atoms. The van der Waals surface area contributed by atoms with Crippen LogP contribution in [0.3, 0.4) is 0 Å². The largest absolute Gasteiger partial charge is 0.494 e. The fourth-order valence-corrected chi connectivity index (χ4v) is 2.81. The van der Waals surface area contributed by atoms with Gasteiger partial charge in [0.15, 0.2) is 0 Å². The van der Waals surface area contributed by atoms with Crippen LogP contribution in [0.25, 0.3) is 0 Å². The zero-order valence-corrected chi connectivity index (χ0v) is 13.9. The Kier molecular flexibility index (Phi) is 6.54. The van der Waals surface area contributed by atoms with Gasteiger partial charge < -0.3 is 10.1 Å². The first-order valence-corrected chi connectivity index (χ1v) is 8.96. The molecule has 1 fully saturated rings. The highest BCUT2D eigenvalue weighted by Gasteiger charge is 2.20. The molecule has 0 spiro atoms. The molecule has 19 heavy (non-hydrogen) atoms. The summed E-state index contributed by atoms with van der Waals surface area (Å²) >= 11 is 5.57. The summed E-state index contributed by atoms with van der Waals surface area (Å²) in [7, 11) is 0. The third-order valence-corrected chi connectivity index (χ3v) is 4.84. The first kappa shape index (κ1) is 15.2. The molecular formula is C15H22BrNOS. The maximum Gasteiger partial charge on any atom is 0.119 e. The van der Waals surface area contributed by atoms with E-state index < -0.39 is 0 Å². The maximum absolute atomic E-state index is 5.81. The van der Waals surface area contributed by atoms with Crippen LogP contribution in [0.2, 0.25) is 0 Å². The molecule has 0 saturated heterocycles. The van der Waals surface area contributed by atoms with Crippen molar-refractivity contribution >= 4 is 27.7 Å². The Morgan fingerprint density at radius 2 is 2.26 bits per heavy atom. The van der Waals surface area contributed by atoms with E-state index in [9.17, 15) is 0 Å². The van der Waals surface area contributed by atoms with Crippen molar-refractivity contribution in [3.8, 4) is 5.75 Å². The Labute approximate surface area is 128 Å². The molecule has 1 saturated carbocycles. The number of hydrogen-bond acceptors (Lipinski definition) is 3. The smallest absolute Gasteiger partial charge is 0.119 e. The Morgan fingerprint density at radius 3 is 3.00 bits per heavy atom. The van der Waals surface area contributed by atoms with Gasteiger partial charge in [-0.2, -0.15) is 11.8 Å². The molecule has 2 rings (SSSR count). The zero-order valence-electron chi connectivity index (χ0n) is 11.5. The lowest BCUT2D eigenvalue weighted by Crippen LogP contribution is -2.15. The molecule has 106 valence electrons. The van der Waals surface area contributed by atoms with E-state index >= 15 is 0 Å². The second kappa shape index (κ2) is 8.18. The van der Waals surface area contributed by atoms with Crippen molar-refractivity contribution < 1.29 is 4.74 Å². The van der Waals surface area contributed by atoms with E-state index in [-0.39, 0.29) is 0 Å². The third kappa shape index (κ3) is 5.76. The molecule has 1 aromatic rings. The monoisotopic (exact) mass is 343 g/mol. The maximum atomic E-state index is 5.81. The van der Waals surface area contributed by atoms with Gasteiger partial charge in [-0.15, -0.1) is 0 Å². The van der Waals surface area contributed by atoms with Crippen LogP contribution in [0.5, 0.6) is 5.75 Å². The van der Waals surface area contributed by atoms with Gasteiger partial charge in [0.25, 0.3) is 0 Å². The van der Waals surface area contributed by atoms with Gasteiger partial charge in [-0.25, -0.2) is 0 Å². The summed E-state index contributed by atoms with van der Waals surface area (Å²) in [6.45, 7) is 3.93. The Bertz CT molecular complexity index is 396. The second-order valence-electron chi connectivity index (χ2n) is 4.81. The summed E-state index contributed by atoms with van der Waals surface area (Å²) in [5, 5.41) is 3.54. The lowest BCUT2D eigenvalue weighted by atomic mass is 10.2. The number of nitrogens with one attached hydrogen (secondary N) is 1. The zero-order chi connectivity index (χ0) is 13.5. The highest BCUT2D eigenvalue weighted by atomic mass is 79.9. The van der Waals surface area contributed by atoms with E-state index in [1.807, 2.05) is 17.8 Å². The molecule has 1 N–H and O–H groups in total. The van der Waals surface area contributed by atoms with Crippen LogP contribution in [0.4, 0.5) is 0 Å². The molecule has 1 aliphatic carbocycles. The summed E-state index contributed by atoms with van der Waals surface area (Å²) in [6, 6.07) is 7.01.